The second kappa shape index (κ2) is 4.96. The third-order valence-corrected chi connectivity index (χ3v) is 1.68. The fraction of sp³-hybridized carbons (Fsp3) is 0.700. The summed E-state index contributed by atoms with van der Waals surface area (Å²) in [5, 5.41) is 0. The number of ether oxygens (including phenoxy) is 1. The van der Waals surface area contributed by atoms with Crippen LogP contribution in [0.25, 0.3) is 0 Å². The molecule has 2 heteroatoms. The first-order valence-electron chi connectivity index (χ1n) is 3.71. The maximum absolute atomic E-state index is 10.7. The van der Waals surface area contributed by atoms with Crippen LogP contribution in [0.1, 0.15) is 35.1 Å². The van der Waals surface area contributed by atoms with E-state index in [-0.39, 0.29) is 24.9 Å². The Hall–Kier alpha value is -0.790. The fourth-order valence-corrected chi connectivity index (χ4v) is 0.399. The zero-order chi connectivity index (χ0) is 9.07. The summed E-state index contributed by atoms with van der Waals surface area (Å²) in [5.74, 6) is -0.354. The topological polar surface area (TPSA) is 26.3 Å². The molecule has 0 saturated heterocycles. The van der Waals surface area contributed by atoms with Crippen LogP contribution in [0.2, 0.25) is 0 Å². The summed E-state index contributed by atoms with van der Waals surface area (Å²) >= 11 is 0. The number of rotatable bonds is 2. The Bertz CT molecular complexity index is 154. The Labute approximate surface area is 75.6 Å². The molecule has 0 amide bonds. The molecule has 1 unspecified atom stereocenters. The lowest BCUT2D eigenvalue weighted by molar-refractivity contribution is -0.147. The Morgan fingerprint density at radius 1 is 1.50 bits per heavy atom. The lowest BCUT2D eigenvalue weighted by Crippen LogP contribution is -2.27. The van der Waals surface area contributed by atoms with Crippen molar-refractivity contribution in [1.29, 1.82) is 0 Å². The first kappa shape index (κ1) is 13.8. The number of carbonyl (C=O) groups excluding carboxylic acids is 1. The molecule has 0 aliphatic rings. The summed E-state index contributed by atoms with van der Waals surface area (Å²) in [6.45, 7) is 11.3. The first-order valence-corrected chi connectivity index (χ1v) is 3.71. The van der Waals surface area contributed by atoms with E-state index < -0.39 is 0 Å². The van der Waals surface area contributed by atoms with E-state index in [4.69, 9.17) is 4.74 Å². The van der Waals surface area contributed by atoms with Crippen LogP contribution in [0.3, 0.4) is 0 Å². The molecule has 12 heavy (non-hydrogen) atoms. The van der Waals surface area contributed by atoms with Gasteiger partial charge in [-0.1, -0.05) is 34.8 Å². The molecule has 0 N–H and O–H groups in total. The smallest absolute Gasteiger partial charge is 0.330 e. The molecule has 0 fully saturated rings. The Morgan fingerprint density at radius 2 is 1.92 bits per heavy atom. The lowest BCUT2D eigenvalue weighted by Gasteiger charge is -2.26. The average Bonchev–Trinajstić information content (AvgIpc) is 1.85. The normalized spacial score (nSPS) is 12.7. The average molecular weight is 172 g/mol. The summed E-state index contributed by atoms with van der Waals surface area (Å²) < 4.78 is 5.01. The maximum Gasteiger partial charge on any atom is 0.330 e. The monoisotopic (exact) mass is 172 g/mol. The van der Waals surface area contributed by atoms with Gasteiger partial charge in [0.05, 0.1) is 0 Å². The van der Waals surface area contributed by atoms with Gasteiger partial charge in [-0.3, -0.25) is 0 Å². The van der Waals surface area contributed by atoms with Crippen molar-refractivity contribution in [2.45, 2.75) is 41.2 Å². The second-order valence-corrected chi connectivity index (χ2v) is 3.65. The molecule has 2 nitrogen and oxygen atoms in total. The van der Waals surface area contributed by atoms with Crippen molar-refractivity contribution in [3.05, 3.63) is 12.7 Å². The minimum Gasteiger partial charge on any atom is -0.459 e. The molecule has 0 aromatic carbocycles. The Morgan fingerprint density at radius 3 is 2.17 bits per heavy atom. The second-order valence-electron chi connectivity index (χ2n) is 3.65. The zero-order valence-corrected chi connectivity index (χ0v) is 7.68. The molecule has 0 aromatic rings. The van der Waals surface area contributed by atoms with Crippen molar-refractivity contribution >= 4 is 5.97 Å². The number of esters is 1. The van der Waals surface area contributed by atoms with E-state index in [1.54, 1.807) is 0 Å². The van der Waals surface area contributed by atoms with Crippen molar-refractivity contribution in [2.75, 3.05) is 0 Å². The molecule has 1 atom stereocenters. The summed E-state index contributed by atoms with van der Waals surface area (Å²) in [5.41, 5.74) is -0.00132. The summed E-state index contributed by atoms with van der Waals surface area (Å²) in [6, 6.07) is 0. The van der Waals surface area contributed by atoms with E-state index in [2.05, 4.69) is 6.58 Å². The van der Waals surface area contributed by atoms with Crippen LogP contribution in [-0.2, 0) is 9.53 Å². The highest BCUT2D eigenvalue weighted by atomic mass is 16.5. The molecule has 0 spiro atoms. The van der Waals surface area contributed by atoms with Crippen molar-refractivity contribution in [3.8, 4) is 0 Å². The van der Waals surface area contributed by atoms with Gasteiger partial charge in [-0.05, 0) is 12.3 Å². The van der Waals surface area contributed by atoms with E-state index in [9.17, 15) is 4.79 Å². The SMILES string of the molecule is C.C=CC(=O)OC(C)C(C)(C)C. The predicted molar refractivity (Wildman–Crippen MR) is 51.9 cm³/mol. The highest BCUT2D eigenvalue weighted by Crippen LogP contribution is 2.21. The van der Waals surface area contributed by atoms with E-state index in [0.29, 0.717) is 0 Å². The number of hydrogen-bond donors (Lipinski definition) is 0. The van der Waals surface area contributed by atoms with Crippen molar-refractivity contribution in [1.82, 2.24) is 0 Å². The Kier molecular flexibility index (Phi) is 5.70. The van der Waals surface area contributed by atoms with Gasteiger partial charge in [-0.15, -0.1) is 0 Å². The van der Waals surface area contributed by atoms with E-state index in [1.807, 2.05) is 27.7 Å². The van der Waals surface area contributed by atoms with Gasteiger partial charge in [-0.2, -0.15) is 0 Å². The highest BCUT2D eigenvalue weighted by molar-refractivity contribution is 5.81. The van der Waals surface area contributed by atoms with Gasteiger partial charge in [-0.25, -0.2) is 4.79 Å². The summed E-state index contributed by atoms with van der Waals surface area (Å²) in [6.07, 6.45) is 1.11. The van der Waals surface area contributed by atoms with Crippen molar-refractivity contribution in [2.24, 2.45) is 5.41 Å². The van der Waals surface area contributed by atoms with Crippen molar-refractivity contribution in [3.63, 3.8) is 0 Å². The fourth-order valence-electron chi connectivity index (χ4n) is 0.399. The lowest BCUT2D eigenvalue weighted by atomic mass is 9.90. The molecule has 0 aliphatic heterocycles. The standard InChI is InChI=1S/C9H16O2.CH4/c1-6-8(10)11-7(2)9(3,4)5;/h6-7H,1H2,2-5H3;1H4. The van der Waals surface area contributed by atoms with Gasteiger partial charge < -0.3 is 4.74 Å². The van der Waals surface area contributed by atoms with E-state index in [1.165, 1.54) is 6.08 Å². The van der Waals surface area contributed by atoms with Gasteiger partial charge in [0.15, 0.2) is 0 Å². The van der Waals surface area contributed by atoms with Crippen LogP contribution in [0.15, 0.2) is 12.7 Å². The molecular formula is C10H20O2. The molecule has 0 radical (unpaired) electrons. The molecule has 0 bridgehead atoms. The summed E-state index contributed by atoms with van der Waals surface area (Å²) in [7, 11) is 0. The third-order valence-electron chi connectivity index (χ3n) is 1.68. The minimum atomic E-state index is -0.354. The molecule has 0 heterocycles. The van der Waals surface area contributed by atoms with Crippen LogP contribution in [0, 0.1) is 5.41 Å². The first-order chi connectivity index (χ1) is 4.88. The third kappa shape index (κ3) is 4.94. The number of carbonyl (C=O) groups is 1. The molecule has 0 rings (SSSR count). The Balaban J connectivity index is 0. The molecular weight excluding hydrogens is 152 g/mol. The van der Waals surface area contributed by atoms with Crippen LogP contribution in [0.4, 0.5) is 0 Å². The van der Waals surface area contributed by atoms with Gasteiger partial charge in [0.25, 0.3) is 0 Å². The van der Waals surface area contributed by atoms with Gasteiger partial charge in [0.2, 0.25) is 0 Å². The quantitative estimate of drug-likeness (QED) is 0.473. The van der Waals surface area contributed by atoms with Crippen molar-refractivity contribution < 1.29 is 9.53 Å². The van der Waals surface area contributed by atoms with E-state index >= 15 is 0 Å². The van der Waals surface area contributed by atoms with Gasteiger partial charge in [0, 0.05) is 6.08 Å². The largest absolute Gasteiger partial charge is 0.459 e. The van der Waals surface area contributed by atoms with Crippen LogP contribution >= 0.6 is 0 Å². The predicted octanol–water partition coefficient (Wildman–Crippen LogP) is 2.79. The molecule has 0 saturated carbocycles. The van der Waals surface area contributed by atoms with Crippen LogP contribution < -0.4 is 0 Å². The molecule has 0 aromatic heterocycles. The van der Waals surface area contributed by atoms with Crippen LogP contribution in [0.5, 0.6) is 0 Å². The highest BCUT2D eigenvalue weighted by Gasteiger charge is 2.22. The zero-order valence-electron chi connectivity index (χ0n) is 7.68. The molecule has 72 valence electrons. The van der Waals surface area contributed by atoms with Gasteiger partial charge in [0.1, 0.15) is 6.10 Å². The minimum absolute atomic E-state index is 0. The number of hydrogen-bond acceptors (Lipinski definition) is 2. The maximum atomic E-state index is 10.7. The van der Waals surface area contributed by atoms with Gasteiger partial charge >= 0.3 is 5.97 Å². The van der Waals surface area contributed by atoms with Crippen LogP contribution in [-0.4, -0.2) is 12.1 Å². The van der Waals surface area contributed by atoms with E-state index in [0.717, 1.165) is 0 Å². The molecule has 0 aliphatic carbocycles. The summed E-state index contributed by atoms with van der Waals surface area (Å²) in [4.78, 5) is 10.7.